The van der Waals surface area contributed by atoms with Crippen LogP contribution in [-0.2, 0) is 6.42 Å². The molecule has 6 aromatic carbocycles. The Hall–Kier alpha value is -6.95. The number of amidine groups is 1. The SMILES string of the molecule is C=C(N=C(N=C(C)c1ccccc1)c1ccc(-c2ccccc2)cc1)c1cc(-c2ccc3c4c(sc3c2)C=CCC4)cc(-c2ccc3ccc4c(c3n2)NCC=C4)c1. The number of allylic oxidation sites excluding steroid dienone is 1. The average molecular weight is 765 g/mol. The fraction of sp³-hybridized carbons (Fsp3) is 0.0755. The number of aliphatic imine (C=N–C) groups is 2. The Morgan fingerprint density at radius 1 is 0.655 bits per heavy atom. The summed E-state index contributed by atoms with van der Waals surface area (Å²) < 4.78 is 1.30. The Kier molecular flexibility index (Phi) is 9.28. The van der Waals surface area contributed by atoms with E-state index in [1.807, 2.05) is 42.5 Å². The molecule has 0 radical (unpaired) electrons. The number of anilines is 1. The zero-order valence-corrected chi connectivity index (χ0v) is 33.1. The lowest BCUT2D eigenvalue weighted by molar-refractivity contribution is 1.01. The van der Waals surface area contributed by atoms with E-state index in [-0.39, 0.29) is 0 Å². The third-order valence-electron chi connectivity index (χ3n) is 11.1. The van der Waals surface area contributed by atoms with Gasteiger partial charge in [-0.1, -0.05) is 140 Å². The van der Waals surface area contributed by atoms with Crippen LogP contribution < -0.4 is 5.32 Å². The minimum atomic E-state index is 0.603. The molecule has 3 heterocycles. The zero-order chi connectivity index (χ0) is 39.0. The number of thiophene rings is 1. The van der Waals surface area contributed by atoms with Crippen LogP contribution in [0, 0.1) is 0 Å². The predicted octanol–water partition coefficient (Wildman–Crippen LogP) is 13.8. The number of nitrogens with one attached hydrogen (secondary N) is 1. The van der Waals surface area contributed by atoms with Gasteiger partial charge in [-0.2, -0.15) is 0 Å². The summed E-state index contributed by atoms with van der Waals surface area (Å²) in [5.41, 5.74) is 15.5. The van der Waals surface area contributed by atoms with Crippen molar-refractivity contribution < 1.29 is 0 Å². The summed E-state index contributed by atoms with van der Waals surface area (Å²) in [6, 6.07) is 51.3. The molecule has 0 fully saturated rings. The lowest BCUT2D eigenvalue weighted by Crippen LogP contribution is -2.05. The second kappa shape index (κ2) is 15.2. The Balaban J connectivity index is 1.11. The molecule has 10 rings (SSSR count). The number of aromatic nitrogens is 1. The highest BCUT2D eigenvalue weighted by Crippen LogP contribution is 2.40. The number of hydrogen-bond acceptors (Lipinski definition) is 4. The van der Waals surface area contributed by atoms with Gasteiger partial charge < -0.3 is 5.32 Å². The number of nitrogens with zero attached hydrogens (tertiary/aromatic N) is 3. The zero-order valence-electron chi connectivity index (χ0n) is 32.2. The minimum absolute atomic E-state index is 0.603. The van der Waals surface area contributed by atoms with Crippen LogP contribution in [0.2, 0.25) is 0 Å². The van der Waals surface area contributed by atoms with Crippen molar-refractivity contribution in [3.63, 3.8) is 0 Å². The quantitative estimate of drug-likeness (QED) is 0.130. The third kappa shape index (κ3) is 6.91. The highest BCUT2D eigenvalue weighted by Gasteiger charge is 2.17. The highest BCUT2D eigenvalue weighted by molar-refractivity contribution is 7.20. The Labute approximate surface area is 343 Å². The molecule has 0 spiro atoms. The van der Waals surface area contributed by atoms with Crippen molar-refractivity contribution in [2.75, 3.05) is 11.9 Å². The maximum Gasteiger partial charge on any atom is 0.160 e. The number of hydrogen-bond donors (Lipinski definition) is 1. The fourth-order valence-electron chi connectivity index (χ4n) is 8.00. The van der Waals surface area contributed by atoms with Crippen molar-refractivity contribution in [1.82, 2.24) is 4.98 Å². The molecule has 5 heteroatoms. The van der Waals surface area contributed by atoms with Gasteiger partial charge in [0.2, 0.25) is 0 Å². The van der Waals surface area contributed by atoms with Gasteiger partial charge in [0.1, 0.15) is 0 Å². The van der Waals surface area contributed by atoms with Crippen LogP contribution in [0.4, 0.5) is 5.69 Å². The number of benzene rings is 6. The normalized spacial score (nSPS) is 13.7. The minimum Gasteiger partial charge on any atom is -0.379 e. The number of aryl methyl sites for hydroxylation is 1. The van der Waals surface area contributed by atoms with Crippen LogP contribution in [0.3, 0.4) is 0 Å². The number of rotatable bonds is 7. The number of pyridine rings is 1. The van der Waals surface area contributed by atoms with Gasteiger partial charge in [0.15, 0.2) is 5.84 Å². The molecule has 0 bridgehead atoms. The first-order valence-electron chi connectivity index (χ1n) is 19.8. The maximum atomic E-state index is 5.31. The van der Waals surface area contributed by atoms with Gasteiger partial charge in [0.05, 0.1) is 22.6 Å². The predicted molar refractivity (Wildman–Crippen MR) is 249 cm³/mol. The van der Waals surface area contributed by atoms with E-state index in [1.165, 1.54) is 20.5 Å². The summed E-state index contributed by atoms with van der Waals surface area (Å²) in [6.07, 6.45) is 11.1. The molecular weight excluding hydrogens is 725 g/mol. The molecule has 2 aliphatic rings. The Morgan fingerprint density at radius 3 is 2.26 bits per heavy atom. The molecule has 0 unspecified atom stereocenters. The molecular formula is C53H40N4S. The smallest absolute Gasteiger partial charge is 0.160 e. The van der Waals surface area contributed by atoms with Crippen LogP contribution in [0.1, 0.15) is 46.0 Å². The molecule has 1 aliphatic carbocycles. The molecule has 1 aliphatic heterocycles. The maximum absolute atomic E-state index is 5.31. The van der Waals surface area contributed by atoms with Gasteiger partial charge >= 0.3 is 0 Å². The summed E-state index contributed by atoms with van der Waals surface area (Å²) in [5, 5.41) is 6.03. The van der Waals surface area contributed by atoms with Crippen molar-refractivity contribution in [2.45, 2.75) is 19.8 Å². The second-order valence-corrected chi connectivity index (χ2v) is 15.9. The monoisotopic (exact) mass is 764 g/mol. The van der Waals surface area contributed by atoms with Crippen LogP contribution >= 0.6 is 11.3 Å². The van der Waals surface area contributed by atoms with Gasteiger partial charge in [-0.3, -0.25) is 0 Å². The van der Waals surface area contributed by atoms with E-state index >= 15 is 0 Å². The Bertz CT molecular complexity index is 3000. The molecule has 0 amide bonds. The molecule has 1 N–H and O–H groups in total. The van der Waals surface area contributed by atoms with Crippen molar-refractivity contribution in [2.24, 2.45) is 9.98 Å². The van der Waals surface area contributed by atoms with Crippen molar-refractivity contribution in [3.8, 4) is 33.5 Å². The molecule has 278 valence electrons. The van der Waals surface area contributed by atoms with Crippen molar-refractivity contribution >= 4 is 67.4 Å². The highest BCUT2D eigenvalue weighted by atomic mass is 32.1. The van der Waals surface area contributed by atoms with Crippen LogP contribution in [0.15, 0.2) is 174 Å². The Morgan fingerprint density at radius 2 is 1.41 bits per heavy atom. The summed E-state index contributed by atoms with van der Waals surface area (Å²) >= 11 is 1.88. The fourth-order valence-corrected chi connectivity index (χ4v) is 9.22. The molecule has 58 heavy (non-hydrogen) atoms. The van der Waals surface area contributed by atoms with Crippen molar-refractivity contribution in [1.29, 1.82) is 0 Å². The summed E-state index contributed by atoms with van der Waals surface area (Å²) in [7, 11) is 0. The van der Waals surface area contributed by atoms with Gasteiger partial charge in [-0.05, 0) is 101 Å². The van der Waals surface area contributed by atoms with E-state index in [0.717, 1.165) is 97.5 Å². The topological polar surface area (TPSA) is 49.6 Å². The largest absolute Gasteiger partial charge is 0.379 e. The standard InChI is InChI=1S/C53H40N4S/c1-34(36-12-5-3-6-13-36)55-53(41-23-19-38(20-24-41)37-14-7-4-8-15-37)56-35(2)43-30-44(42-25-27-47-46-17-9-10-18-49(46)58-50(47)33-42)32-45(31-43)48-28-26-40-22-21-39-16-11-29-54-51(39)52(40)57-48/h3-8,10-16,18-28,30-33,54H,2,9,17,29H2,1H3. The van der Waals surface area contributed by atoms with E-state index in [9.17, 15) is 0 Å². The summed E-state index contributed by atoms with van der Waals surface area (Å²) in [5.74, 6) is 0.603. The van der Waals surface area contributed by atoms with Crippen LogP contribution in [0.25, 0.3) is 72.3 Å². The molecule has 2 aromatic heterocycles. The van der Waals surface area contributed by atoms with Crippen LogP contribution in [-0.4, -0.2) is 23.1 Å². The molecule has 0 saturated carbocycles. The first kappa shape index (κ1) is 35.5. The van der Waals surface area contributed by atoms with Crippen molar-refractivity contribution in [3.05, 3.63) is 197 Å². The first-order valence-corrected chi connectivity index (χ1v) is 20.6. The van der Waals surface area contributed by atoms with Gasteiger partial charge in [0.25, 0.3) is 0 Å². The average Bonchev–Trinajstić information content (AvgIpc) is 3.67. The van der Waals surface area contributed by atoms with Gasteiger partial charge in [0, 0.05) is 43.9 Å². The van der Waals surface area contributed by atoms with Gasteiger partial charge in [-0.25, -0.2) is 15.0 Å². The number of fused-ring (bicyclic) bond motifs is 6. The molecule has 0 atom stereocenters. The van der Waals surface area contributed by atoms with E-state index in [2.05, 4.69) is 158 Å². The summed E-state index contributed by atoms with van der Waals surface area (Å²) in [4.78, 5) is 17.1. The van der Waals surface area contributed by atoms with Crippen LogP contribution in [0.5, 0.6) is 0 Å². The molecule has 0 saturated heterocycles. The third-order valence-corrected chi connectivity index (χ3v) is 12.3. The lowest BCUT2D eigenvalue weighted by Gasteiger charge is -2.16. The lowest BCUT2D eigenvalue weighted by atomic mass is 9.95. The van der Waals surface area contributed by atoms with E-state index in [0.29, 0.717) is 11.5 Å². The molecule has 8 aromatic rings. The summed E-state index contributed by atoms with van der Waals surface area (Å²) in [6.45, 7) is 7.42. The van der Waals surface area contributed by atoms with Gasteiger partial charge in [-0.15, -0.1) is 11.3 Å². The van der Waals surface area contributed by atoms with E-state index in [1.54, 1.807) is 0 Å². The first-order chi connectivity index (χ1) is 28.5. The second-order valence-electron chi connectivity index (χ2n) is 14.9. The van der Waals surface area contributed by atoms with E-state index < -0.39 is 0 Å². The van der Waals surface area contributed by atoms with E-state index in [4.69, 9.17) is 15.0 Å². The molecule has 4 nitrogen and oxygen atoms in total.